The normalized spacial score (nSPS) is 14.4. The molecule has 0 saturated carbocycles. The third-order valence-corrected chi connectivity index (χ3v) is 6.46. The highest BCUT2D eigenvalue weighted by atomic mass is 35.5. The number of nitrogens with zero attached hydrogens (tertiary/aromatic N) is 2. The summed E-state index contributed by atoms with van der Waals surface area (Å²) in [6.07, 6.45) is 2.59. The van der Waals surface area contributed by atoms with E-state index in [1.807, 2.05) is 0 Å². The van der Waals surface area contributed by atoms with Gasteiger partial charge in [-0.3, -0.25) is 4.79 Å². The fraction of sp³-hybridized carbons (Fsp3) is 0.217. The molecule has 2 aromatic carbocycles. The van der Waals surface area contributed by atoms with Crippen molar-refractivity contribution in [1.82, 2.24) is 9.88 Å². The van der Waals surface area contributed by atoms with Crippen molar-refractivity contribution in [3.63, 3.8) is 0 Å². The molecule has 4 rings (SSSR count). The number of likely N-dealkylation sites (tertiary alicyclic amines) is 1. The first-order valence-corrected chi connectivity index (χ1v) is 10.9. The Morgan fingerprint density at radius 3 is 2.33 bits per heavy atom. The topological polar surface area (TPSA) is 45.2 Å². The first kappa shape index (κ1) is 23.4. The van der Waals surface area contributed by atoms with Gasteiger partial charge in [-0.05, 0) is 36.5 Å². The van der Waals surface area contributed by atoms with Crippen LogP contribution in [0.3, 0.4) is 0 Å². The first-order valence-electron chi connectivity index (χ1n) is 10.1. The fourth-order valence-electron chi connectivity index (χ4n) is 3.84. The van der Waals surface area contributed by atoms with Crippen LogP contribution in [0, 0.1) is 23.3 Å². The summed E-state index contributed by atoms with van der Waals surface area (Å²) >= 11 is 10.4. The van der Waals surface area contributed by atoms with Crippen molar-refractivity contribution in [3.05, 3.63) is 82.0 Å². The van der Waals surface area contributed by atoms with Crippen LogP contribution in [0.15, 0.2) is 47.6 Å². The molecule has 0 bridgehead atoms. The van der Waals surface area contributed by atoms with Crippen molar-refractivity contribution < 1.29 is 22.4 Å². The average molecular weight is 496 g/mol. The van der Waals surface area contributed by atoms with Gasteiger partial charge in [-0.15, -0.1) is 12.6 Å². The summed E-state index contributed by atoms with van der Waals surface area (Å²) in [5.41, 5.74) is 0.650. The molecule has 0 aliphatic carbocycles. The maximum Gasteiger partial charge on any atom is 0.257 e. The Morgan fingerprint density at radius 1 is 1.03 bits per heavy atom. The second kappa shape index (κ2) is 9.61. The van der Waals surface area contributed by atoms with Crippen LogP contribution in [0.1, 0.15) is 34.7 Å². The maximum absolute atomic E-state index is 14.2. The molecule has 2 heterocycles. The van der Waals surface area contributed by atoms with Gasteiger partial charge in [-0.2, -0.15) is 0 Å². The molecule has 1 fully saturated rings. The molecule has 0 unspecified atom stereocenters. The number of nitrogens with one attached hydrogen (secondary N) is 1. The summed E-state index contributed by atoms with van der Waals surface area (Å²) in [6, 6.07) is 7.35. The number of amides is 1. The zero-order chi connectivity index (χ0) is 23.7. The Morgan fingerprint density at radius 2 is 1.67 bits per heavy atom. The number of aromatic nitrogens is 1. The minimum atomic E-state index is -1.34. The number of pyridine rings is 1. The Hall–Kier alpha value is -2.78. The molecule has 0 spiro atoms. The number of carbonyl (C=O) groups is 1. The third kappa shape index (κ3) is 4.94. The second-order valence-corrected chi connectivity index (χ2v) is 8.48. The summed E-state index contributed by atoms with van der Waals surface area (Å²) in [7, 11) is 0. The van der Waals surface area contributed by atoms with Gasteiger partial charge in [0.15, 0.2) is 11.6 Å². The van der Waals surface area contributed by atoms with Crippen LogP contribution in [0.5, 0.6) is 0 Å². The average Bonchev–Trinajstić information content (AvgIpc) is 2.80. The summed E-state index contributed by atoms with van der Waals surface area (Å²) in [5.74, 6) is -4.17. The molecule has 10 heteroatoms. The summed E-state index contributed by atoms with van der Waals surface area (Å²) in [5, 5.41) is 2.61. The maximum atomic E-state index is 14.2. The zero-order valence-corrected chi connectivity index (χ0v) is 18.7. The van der Waals surface area contributed by atoms with Crippen molar-refractivity contribution in [2.45, 2.75) is 23.8 Å². The van der Waals surface area contributed by atoms with Gasteiger partial charge >= 0.3 is 0 Å². The molecule has 33 heavy (non-hydrogen) atoms. The van der Waals surface area contributed by atoms with Gasteiger partial charge in [0.25, 0.3) is 5.91 Å². The summed E-state index contributed by atoms with van der Waals surface area (Å²) < 4.78 is 54.3. The van der Waals surface area contributed by atoms with Crippen LogP contribution in [0.2, 0.25) is 5.02 Å². The number of anilines is 2. The van der Waals surface area contributed by atoms with E-state index in [2.05, 4.69) is 22.9 Å². The van der Waals surface area contributed by atoms with E-state index in [9.17, 15) is 22.4 Å². The van der Waals surface area contributed by atoms with E-state index >= 15 is 0 Å². The molecule has 0 radical (unpaired) electrons. The predicted octanol–water partition coefficient (Wildman–Crippen LogP) is 6.34. The Bertz CT molecular complexity index is 1200. The number of piperidine rings is 1. The quantitative estimate of drug-likeness (QED) is 0.252. The van der Waals surface area contributed by atoms with Gasteiger partial charge in [-0.1, -0.05) is 23.7 Å². The van der Waals surface area contributed by atoms with E-state index < -0.39 is 23.4 Å². The van der Waals surface area contributed by atoms with Gasteiger partial charge in [0.05, 0.1) is 22.0 Å². The van der Waals surface area contributed by atoms with Crippen LogP contribution >= 0.6 is 24.2 Å². The Labute approximate surface area is 198 Å². The lowest BCUT2D eigenvalue weighted by Gasteiger charge is -2.32. The number of hydrogen-bond acceptors (Lipinski definition) is 4. The van der Waals surface area contributed by atoms with Gasteiger partial charge < -0.3 is 10.2 Å². The highest BCUT2D eigenvalue weighted by Crippen LogP contribution is 2.36. The van der Waals surface area contributed by atoms with E-state index in [4.69, 9.17) is 11.6 Å². The molecule has 4 nitrogen and oxygen atoms in total. The molecule has 3 aromatic rings. The van der Waals surface area contributed by atoms with E-state index in [1.54, 1.807) is 17.0 Å². The van der Waals surface area contributed by atoms with Gasteiger partial charge in [0, 0.05) is 31.4 Å². The van der Waals surface area contributed by atoms with Crippen LogP contribution in [0.4, 0.5) is 28.9 Å². The van der Waals surface area contributed by atoms with Crippen LogP contribution in [-0.2, 0) is 0 Å². The van der Waals surface area contributed by atoms with Crippen molar-refractivity contribution in [1.29, 1.82) is 0 Å². The van der Waals surface area contributed by atoms with Gasteiger partial charge in [0.1, 0.15) is 16.7 Å². The highest BCUT2D eigenvalue weighted by molar-refractivity contribution is 7.80. The standard InChI is InChI=1S/C23H18ClF4N3OS/c24-20-21(30-19-10-17(27)16(26)9-18(19)28)15(11-29-22(20)33)23(32)31-7-5-13(6-8-31)12-1-3-14(25)4-2-12/h1-4,9-11,13H,5-8H2,(H2,29,30,33). The SMILES string of the molecule is O=C(c1cnc(S)c(Cl)c1Nc1cc(F)c(F)cc1F)N1CCC(c2ccc(F)cc2)CC1. The van der Waals surface area contributed by atoms with E-state index in [0.717, 1.165) is 5.56 Å². The lowest BCUT2D eigenvalue weighted by molar-refractivity contribution is 0.0713. The zero-order valence-electron chi connectivity index (χ0n) is 17.1. The van der Waals surface area contributed by atoms with Crippen LogP contribution < -0.4 is 5.32 Å². The molecule has 1 saturated heterocycles. The second-order valence-electron chi connectivity index (χ2n) is 7.67. The summed E-state index contributed by atoms with van der Waals surface area (Å²) in [6.45, 7) is 0.861. The lowest BCUT2D eigenvalue weighted by Crippen LogP contribution is -2.38. The number of thiol groups is 1. The predicted molar refractivity (Wildman–Crippen MR) is 120 cm³/mol. The van der Waals surface area contributed by atoms with Crippen LogP contribution in [-0.4, -0.2) is 28.9 Å². The van der Waals surface area contributed by atoms with Gasteiger partial charge in [-0.25, -0.2) is 22.5 Å². The molecule has 1 N–H and O–H groups in total. The third-order valence-electron chi connectivity index (χ3n) is 5.62. The fourth-order valence-corrected chi connectivity index (χ4v) is 4.20. The number of hydrogen-bond donors (Lipinski definition) is 2. The first-order chi connectivity index (χ1) is 15.7. The Kier molecular flexibility index (Phi) is 6.81. The number of rotatable bonds is 4. The Balaban J connectivity index is 1.57. The monoisotopic (exact) mass is 495 g/mol. The number of halogens is 5. The van der Waals surface area contributed by atoms with E-state index in [1.165, 1.54) is 18.3 Å². The molecule has 1 amide bonds. The van der Waals surface area contributed by atoms with Gasteiger partial charge in [0.2, 0.25) is 0 Å². The summed E-state index contributed by atoms with van der Waals surface area (Å²) in [4.78, 5) is 18.9. The van der Waals surface area contributed by atoms with Crippen molar-refractivity contribution in [3.8, 4) is 0 Å². The lowest BCUT2D eigenvalue weighted by atomic mass is 9.89. The van der Waals surface area contributed by atoms with Crippen molar-refractivity contribution in [2.75, 3.05) is 18.4 Å². The van der Waals surface area contributed by atoms with E-state index in [-0.39, 0.29) is 38.7 Å². The van der Waals surface area contributed by atoms with Crippen molar-refractivity contribution in [2.24, 2.45) is 0 Å². The smallest absolute Gasteiger partial charge is 0.257 e. The number of carbonyl (C=O) groups excluding carboxylic acids is 1. The van der Waals surface area contributed by atoms with E-state index in [0.29, 0.717) is 38.1 Å². The molecule has 1 aromatic heterocycles. The number of benzene rings is 2. The molecule has 172 valence electrons. The molecular weight excluding hydrogens is 478 g/mol. The van der Waals surface area contributed by atoms with Crippen LogP contribution in [0.25, 0.3) is 0 Å². The molecular formula is C23H18ClF4N3OS. The highest BCUT2D eigenvalue weighted by Gasteiger charge is 2.28. The molecule has 0 atom stereocenters. The van der Waals surface area contributed by atoms with Crippen molar-refractivity contribution >= 4 is 41.5 Å². The molecule has 1 aliphatic heterocycles. The molecule has 1 aliphatic rings. The largest absolute Gasteiger partial charge is 0.351 e. The minimum absolute atomic E-state index is 0.00719. The minimum Gasteiger partial charge on any atom is -0.351 e.